The van der Waals surface area contributed by atoms with Gasteiger partial charge in [0.1, 0.15) is 0 Å². The van der Waals surface area contributed by atoms with E-state index in [2.05, 4.69) is 36.4 Å². The Morgan fingerprint density at radius 1 is 1.00 bits per heavy atom. The zero-order chi connectivity index (χ0) is 13.2. The summed E-state index contributed by atoms with van der Waals surface area (Å²) >= 11 is 5.90. The Bertz CT molecular complexity index is 537. The van der Waals surface area contributed by atoms with Crippen LogP contribution in [0.15, 0.2) is 48.5 Å². The highest BCUT2D eigenvalue weighted by Gasteiger charge is 2.26. The Balaban J connectivity index is 1.66. The molecule has 0 radical (unpaired) electrons. The van der Waals surface area contributed by atoms with Gasteiger partial charge in [-0.1, -0.05) is 48.0 Å². The third-order valence-corrected chi connectivity index (χ3v) is 4.32. The second kappa shape index (κ2) is 5.36. The lowest BCUT2D eigenvalue weighted by atomic mass is 9.92. The third-order valence-electron chi connectivity index (χ3n) is 4.07. The second-order valence-electron chi connectivity index (χ2n) is 5.43. The van der Waals surface area contributed by atoms with Crippen LogP contribution in [0, 0.1) is 5.92 Å². The average molecular weight is 272 g/mol. The van der Waals surface area contributed by atoms with Crippen LogP contribution < -0.4 is 5.73 Å². The van der Waals surface area contributed by atoms with Gasteiger partial charge in [0.2, 0.25) is 0 Å². The normalized spacial score (nSPS) is 16.3. The van der Waals surface area contributed by atoms with Crippen molar-refractivity contribution in [3.8, 4) is 0 Å². The molecule has 0 spiro atoms. The number of hydrogen-bond acceptors (Lipinski definition) is 1. The smallest absolute Gasteiger partial charge is 0.0406 e. The van der Waals surface area contributed by atoms with Crippen LogP contribution in [-0.2, 0) is 19.3 Å². The quantitative estimate of drug-likeness (QED) is 0.907. The molecule has 19 heavy (non-hydrogen) atoms. The number of rotatable bonds is 3. The fraction of sp³-hybridized carbons (Fsp3) is 0.294. The summed E-state index contributed by atoms with van der Waals surface area (Å²) in [6.45, 7) is 0. The SMILES string of the molecule is NC(Cc1ccc(Cl)cc1)C1Cc2ccccc2C1. The van der Waals surface area contributed by atoms with Gasteiger partial charge in [0.15, 0.2) is 0 Å². The summed E-state index contributed by atoms with van der Waals surface area (Å²) in [6, 6.07) is 16.9. The third kappa shape index (κ3) is 2.83. The zero-order valence-electron chi connectivity index (χ0n) is 10.9. The highest BCUT2D eigenvalue weighted by atomic mass is 35.5. The van der Waals surface area contributed by atoms with E-state index in [1.807, 2.05) is 12.1 Å². The van der Waals surface area contributed by atoms with Gasteiger partial charge in [-0.2, -0.15) is 0 Å². The maximum atomic E-state index is 6.40. The van der Waals surface area contributed by atoms with E-state index in [0.29, 0.717) is 5.92 Å². The predicted molar refractivity (Wildman–Crippen MR) is 80.5 cm³/mol. The van der Waals surface area contributed by atoms with E-state index in [1.54, 1.807) is 0 Å². The molecule has 0 saturated heterocycles. The van der Waals surface area contributed by atoms with Crippen molar-refractivity contribution in [3.05, 3.63) is 70.2 Å². The van der Waals surface area contributed by atoms with Gasteiger partial charge in [-0.3, -0.25) is 0 Å². The number of fused-ring (bicyclic) bond motifs is 1. The van der Waals surface area contributed by atoms with E-state index in [0.717, 1.165) is 24.3 Å². The van der Waals surface area contributed by atoms with Crippen molar-refractivity contribution in [2.75, 3.05) is 0 Å². The molecule has 1 unspecified atom stereocenters. The molecule has 0 aliphatic heterocycles. The van der Waals surface area contributed by atoms with Gasteiger partial charge < -0.3 is 5.73 Å². The molecule has 2 N–H and O–H groups in total. The summed E-state index contributed by atoms with van der Waals surface area (Å²) < 4.78 is 0. The predicted octanol–water partition coefficient (Wildman–Crippen LogP) is 3.62. The van der Waals surface area contributed by atoms with E-state index in [4.69, 9.17) is 17.3 Å². The Hall–Kier alpha value is -1.31. The van der Waals surface area contributed by atoms with Crippen LogP contribution in [0.25, 0.3) is 0 Å². The summed E-state index contributed by atoms with van der Waals surface area (Å²) in [5, 5.41) is 0.783. The summed E-state index contributed by atoms with van der Waals surface area (Å²) in [6.07, 6.45) is 3.16. The molecule has 0 aromatic heterocycles. The molecule has 0 bridgehead atoms. The van der Waals surface area contributed by atoms with E-state index in [9.17, 15) is 0 Å². The fourth-order valence-electron chi connectivity index (χ4n) is 2.95. The van der Waals surface area contributed by atoms with Crippen molar-refractivity contribution in [1.29, 1.82) is 0 Å². The minimum atomic E-state index is 0.216. The fourth-order valence-corrected chi connectivity index (χ4v) is 3.08. The summed E-state index contributed by atoms with van der Waals surface area (Å²) in [4.78, 5) is 0. The first kappa shape index (κ1) is 12.7. The molecular formula is C17H18ClN. The molecule has 2 aromatic carbocycles. The van der Waals surface area contributed by atoms with Gasteiger partial charge in [0.25, 0.3) is 0 Å². The van der Waals surface area contributed by atoms with Gasteiger partial charge >= 0.3 is 0 Å². The first-order valence-corrected chi connectivity index (χ1v) is 7.17. The van der Waals surface area contributed by atoms with Gasteiger partial charge in [-0.05, 0) is 54.0 Å². The lowest BCUT2D eigenvalue weighted by Gasteiger charge is -2.19. The van der Waals surface area contributed by atoms with Crippen molar-refractivity contribution in [3.63, 3.8) is 0 Å². The maximum Gasteiger partial charge on any atom is 0.0406 e. The van der Waals surface area contributed by atoms with Crippen LogP contribution in [-0.4, -0.2) is 6.04 Å². The van der Waals surface area contributed by atoms with Crippen LogP contribution in [0.4, 0.5) is 0 Å². The Labute approximate surface area is 119 Å². The molecule has 98 valence electrons. The minimum Gasteiger partial charge on any atom is -0.327 e. The largest absolute Gasteiger partial charge is 0.327 e. The van der Waals surface area contributed by atoms with Gasteiger partial charge in [-0.25, -0.2) is 0 Å². The molecule has 1 nitrogen and oxygen atoms in total. The Kier molecular flexibility index (Phi) is 3.58. The van der Waals surface area contributed by atoms with Crippen molar-refractivity contribution in [2.45, 2.75) is 25.3 Å². The molecule has 1 atom stereocenters. The molecule has 0 amide bonds. The molecular weight excluding hydrogens is 254 g/mol. The average Bonchev–Trinajstić information content (AvgIpc) is 2.85. The van der Waals surface area contributed by atoms with Crippen LogP contribution >= 0.6 is 11.6 Å². The van der Waals surface area contributed by atoms with Gasteiger partial charge in [-0.15, -0.1) is 0 Å². The first-order chi connectivity index (χ1) is 9.22. The topological polar surface area (TPSA) is 26.0 Å². The second-order valence-corrected chi connectivity index (χ2v) is 5.87. The standard InChI is InChI=1S/C17H18ClN/c18-16-7-5-12(6-8-16)9-17(19)15-10-13-3-1-2-4-14(13)11-15/h1-8,15,17H,9-11,19H2. The summed E-state index contributed by atoms with van der Waals surface area (Å²) in [5.74, 6) is 0.563. The van der Waals surface area contributed by atoms with E-state index in [-0.39, 0.29) is 6.04 Å². The highest BCUT2D eigenvalue weighted by molar-refractivity contribution is 6.30. The zero-order valence-corrected chi connectivity index (χ0v) is 11.6. The highest BCUT2D eigenvalue weighted by Crippen LogP contribution is 2.29. The maximum absolute atomic E-state index is 6.40. The van der Waals surface area contributed by atoms with E-state index in [1.165, 1.54) is 16.7 Å². The molecule has 0 saturated carbocycles. The van der Waals surface area contributed by atoms with Crippen molar-refractivity contribution in [2.24, 2.45) is 11.7 Å². The molecule has 2 aromatic rings. The van der Waals surface area contributed by atoms with Gasteiger partial charge in [0.05, 0.1) is 0 Å². The van der Waals surface area contributed by atoms with Crippen LogP contribution in [0.1, 0.15) is 16.7 Å². The minimum absolute atomic E-state index is 0.216. The first-order valence-electron chi connectivity index (χ1n) is 6.79. The van der Waals surface area contributed by atoms with Gasteiger partial charge in [0, 0.05) is 11.1 Å². The monoisotopic (exact) mass is 271 g/mol. The van der Waals surface area contributed by atoms with Crippen molar-refractivity contribution < 1.29 is 0 Å². The lowest BCUT2D eigenvalue weighted by molar-refractivity contribution is 0.437. The molecule has 0 fully saturated rings. The molecule has 1 aliphatic carbocycles. The van der Waals surface area contributed by atoms with E-state index < -0.39 is 0 Å². The van der Waals surface area contributed by atoms with Crippen LogP contribution in [0.3, 0.4) is 0 Å². The number of nitrogens with two attached hydrogens (primary N) is 1. The number of benzene rings is 2. The summed E-state index contributed by atoms with van der Waals surface area (Å²) in [7, 11) is 0. The van der Waals surface area contributed by atoms with E-state index >= 15 is 0 Å². The van der Waals surface area contributed by atoms with Crippen molar-refractivity contribution in [1.82, 2.24) is 0 Å². The molecule has 2 heteroatoms. The molecule has 3 rings (SSSR count). The Morgan fingerprint density at radius 2 is 1.58 bits per heavy atom. The Morgan fingerprint density at radius 3 is 2.16 bits per heavy atom. The number of halogens is 1. The van der Waals surface area contributed by atoms with Crippen LogP contribution in [0.5, 0.6) is 0 Å². The number of hydrogen-bond donors (Lipinski definition) is 1. The summed E-state index contributed by atoms with van der Waals surface area (Å²) in [5.41, 5.74) is 10.6. The lowest BCUT2D eigenvalue weighted by Crippen LogP contribution is -2.32. The molecule has 0 heterocycles. The molecule has 1 aliphatic rings. The van der Waals surface area contributed by atoms with Crippen molar-refractivity contribution >= 4 is 11.6 Å². The van der Waals surface area contributed by atoms with Crippen LogP contribution in [0.2, 0.25) is 5.02 Å².